The second-order valence-electron chi connectivity index (χ2n) is 6.39. The lowest BCUT2D eigenvalue weighted by atomic mass is 9.84. The number of ether oxygens (including phenoxy) is 1. The molecule has 2 rings (SSSR count). The van der Waals surface area contributed by atoms with Crippen LogP contribution in [0.15, 0.2) is 18.2 Å². The van der Waals surface area contributed by atoms with Gasteiger partial charge in [0.15, 0.2) is 0 Å². The minimum absolute atomic E-state index is 0.0498. The quantitative estimate of drug-likeness (QED) is 0.839. The Hall–Kier alpha value is -1.02. The molecule has 2 atom stereocenters. The molecule has 1 fully saturated rings. The van der Waals surface area contributed by atoms with Crippen LogP contribution in [0.5, 0.6) is 5.75 Å². The lowest BCUT2D eigenvalue weighted by Gasteiger charge is -2.29. The number of methoxy groups -OCH3 is 1. The van der Waals surface area contributed by atoms with Gasteiger partial charge in [0.25, 0.3) is 0 Å². The monoisotopic (exact) mass is 261 g/mol. The van der Waals surface area contributed by atoms with Gasteiger partial charge in [0.2, 0.25) is 0 Å². The first-order valence-corrected chi connectivity index (χ1v) is 7.45. The molecule has 0 heterocycles. The number of benzene rings is 1. The van der Waals surface area contributed by atoms with Gasteiger partial charge in [-0.2, -0.15) is 0 Å². The SMILES string of the molecule is COc1ccc(C)cc1CC1(N)CCCC(C)CC1. The maximum absolute atomic E-state index is 6.67. The summed E-state index contributed by atoms with van der Waals surface area (Å²) in [4.78, 5) is 0. The highest BCUT2D eigenvalue weighted by Gasteiger charge is 2.29. The highest BCUT2D eigenvalue weighted by atomic mass is 16.5. The molecule has 0 saturated heterocycles. The van der Waals surface area contributed by atoms with Crippen molar-refractivity contribution in [2.45, 2.75) is 57.9 Å². The zero-order chi connectivity index (χ0) is 13.9. The van der Waals surface area contributed by atoms with Crippen LogP contribution in [-0.2, 0) is 6.42 Å². The highest BCUT2D eigenvalue weighted by Crippen LogP contribution is 2.33. The molecule has 1 aliphatic rings. The van der Waals surface area contributed by atoms with E-state index in [4.69, 9.17) is 10.5 Å². The Bertz CT molecular complexity index is 429. The molecule has 0 bridgehead atoms. The van der Waals surface area contributed by atoms with E-state index in [0.29, 0.717) is 0 Å². The van der Waals surface area contributed by atoms with Gasteiger partial charge in [-0.05, 0) is 50.2 Å². The lowest BCUT2D eigenvalue weighted by molar-refractivity contribution is 0.351. The average Bonchev–Trinajstić information content (AvgIpc) is 2.52. The van der Waals surface area contributed by atoms with E-state index in [1.54, 1.807) is 7.11 Å². The number of rotatable bonds is 3. The third-order valence-corrected chi connectivity index (χ3v) is 4.49. The summed E-state index contributed by atoms with van der Waals surface area (Å²) in [5.41, 5.74) is 9.16. The normalized spacial score (nSPS) is 27.9. The number of aryl methyl sites for hydroxylation is 1. The fourth-order valence-electron chi connectivity index (χ4n) is 3.21. The Morgan fingerprint density at radius 1 is 1.32 bits per heavy atom. The highest BCUT2D eigenvalue weighted by molar-refractivity contribution is 5.38. The molecule has 0 radical (unpaired) electrons. The van der Waals surface area contributed by atoms with E-state index < -0.39 is 0 Å². The van der Waals surface area contributed by atoms with Crippen molar-refractivity contribution in [2.75, 3.05) is 7.11 Å². The minimum Gasteiger partial charge on any atom is -0.496 e. The van der Waals surface area contributed by atoms with E-state index in [1.165, 1.54) is 30.4 Å². The fraction of sp³-hybridized carbons (Fsp3) is 0.647. The van der Waals surface area contributed by atoms with E-state index in [2.05, 4.69) is 32.0 Å². The maximum atomic E-state index is 6.67. The first kappa shape index (κ1) is 14.4. The number of hydrogen-bond acceptors (Lipinski definition) is 2. The third-order valence-electron chi connectivity index (χ3n) is 4.49. The van der Waals surface area contributed by atoms with Crippen molar-refractivity contribution in [3.63, 3.8) is 0 Å². The predicted octanol–water partition coefficient (Wildman–Crippen LogP) is 3.84. The molecule has 2 nitrogen and oxygen atoms in total. The summed E-state index contributed by atoms with van der Waals surface area (Å²) in [6, 6.07) is 6.38. The summed E-state index contributed by atoms with van der Waals surface area (Å²) in [6.45, 7) is 4.47. The summed E-state index contributed by atoms with van der Waals surface area (Å²) in [5.74, 6) is 1.80. The first-order valence-electron chi connectivity index (χ1n) is 7.45. The van der Waals surface area contributed by atoms with Gasteiger partial charge in [-0.25, -0.2) is 0 Å². The molecular weight excluding hydrogens is 234 g/mol. The van der Waals surface area contributed by atoms with Gasteiger partial charge >= 0.3 is 0 Å². The van der Waals surface area contributed by atoms with Crippen molar-refractivity contribution in [1.29, 1.82) is 0 Å². The van der Waals surface area contributed by atoms with Crippen LogP contribution in [0.2, 0.25) is 0 Å². The van der Waals surface area contributed by atoms with Gasteiger partial charge < -0.3 is 10.5 Å². The van der Waals surface area contributed by atoms with Crippen molar-refractivity contribution in [2.24, 2.45) is 11.7 Å². The molecule has 2 unspecified atom stereocenters. The Morgan fingerprint density at radius 2 is 2.11 bits per heavy atom. The molecule has 1 aliphatic carbocycles. The maximum Gasteiger partial charge on any atom is 0.122 e. The standard InChI is InChI=1S/C17H27NO/c1-13-5-4-9-17(18,10-8-13)12-15-11-14(2)6-7-16(15)19-3/h6-7,11,13H,4-5,8-10,12,18H2,1-3H3. The topological polar surface area (TPSA) is 35.2 Å². The summed E-state index contributed by atoms with van der Waals surface area (Å²) >= 11 is 0. The van der Waals surface area contributed by atoms with Crippen LogP contribution in [0, 0.1) is 12.8 Å². The molecule has 0 aromatic heterocycles. The summed E-state index contributed by atoms with van der Waals surface area (Å²) < 4.78 is 5.48. The molecular formula is C17H27NO. The van der Waals surface area contributed by atoms with Gasteiger partial charge in [0.05, 0.1) is 7.11 Å². The summed E-state index contributed by atoms with van der Waals surface area (Å²) in [7, 11) is 1.74. The van der Waals surface area contributed by atoms with Crippen molar-refractivity contribution in [3.05, 3.63) is 29.3 Å². The van der Waals surface area contributed by atoms with Crippen molar-refractivity contribution in [1.82, 2.24) is 0 Å². The molecule has 1 aromatic carbocycles. The second-order valence-corrected chi connectivity index (χ2v) is 6.39. The fourth-order valence-corrected chi connectivity index (χ4v) is 3.21. The minimum atomic E-state index is -0.0498. The van der Waals surface area contributed by atoms with Crippen molar-refractivity contribution >= 4 is 0 Å². The molecule has 2 heteroatoms. The number of nitrogens with two attached hydrogens (primary N) is 1. The largest absolute Gasteiger partial charge is 0.496 e. The Balaban J connectivity index is 2.17. The summed E-state index contributed by atoms with van der Waals surface area (Å²) in [6.07, 6.45) is 7.03. The lowest BCUT2D eigenvalue weighted by Crippen LogP contribution is -2.41. The van der Waals surface area contributed by atoms with Gasteiger partial charge in [0, 0.05) is 5.54 Å². The average molecular weight is 261 g/mol. The van der Waals surface area contributed by atoms with E-state index in [9.17, 15) is 0 Å². The van der Waals surface area contributed by atoms with Gasteiger partial charge in [0.1, 0.15) is 5.75 Å². The van der Waals surface area contributed by atoms with Crippen LogP contribution in [0.25, 0.3) is 0 Å². The van der Waals surface area contributed by atoms with Crippen LogP contribution in [0.3, 0.4) is 0 Å². The third kappa shape index (κ3) is 3.73. The smallest absolute Gasteiger partial charge is 0.122 e. The van der Waals surface area contributed by atoms with Crippen LogP contribution in [-0.4, -0.2) is 12.6 Å². The van der Waals surface area contributed by atoms with E-state index in [0.717, 1.165) is 30.9 Å². The zero-order valence-electron chi connectivity index (χ0n) is 12.5. The van der Waals surface area contributed by atoms with Crippen LogP contribution < -0.4 is 10.5 Å². The van der Waals surface area contributed by atoms with Crippen LogP contribution in [0.4, 0.5) is 0 Å². The second kappa shape index (κ2) is 5.96. The molecule has 0 spiro atoms. The van der Waals surface area contributed by atoms with Gasteiger partial charge in [-0.1, -0.05) is 37.5 Å². The summed E-state index contributed by atoms with van der Waals surface area (Å²) in [5, 5.41) is 0. The Morgan fingerprint density at radius 3 is 2.84 bits per heavy atom. The Kier molecular flexibility index (Phi) is 4.51. The van der Waals surface area contributed by atoms with Crippen molar-refractivity contribution in [3.8, 4) is 5.75 Å². The predicted molar refractivity (Wildman–Crippen MR) is 80.6 cm³/mol. The molecule has 1 aromatic rings. The molecule has 2 N–H and O–H groups in total. The Labute approximate surface area is 117 Å². The zero-order valence-corrected chi connectivity index (χ0v) is 12.5. The van der Waals surface area contributed by atoms with Crippen LogP contribution in [0.1, 0.15) is 50.2 Å². The first-order chi connectivity index (χ1) is 9.02. The van der Waals surface area contributed by atoms with Crippen molar-refractivity contribution < 1.29 is 4.74 Å². The molecule has 1 saturated carbocycles. The molecule has 0 aliphatic heterocycles. The molecule has 106 valence electrons. The molecule has 0 amide bonds. The van der Waals surface area contributed by atoms with Gasteiger partial charge in [-0.15, -0.1) is 0 Å². The van der Waals surface area contributed by atoms with Gasteiger partial charge in [-0.3, -0.25) is 0 Å². The van der Waals surface area contributed by atoms with E-state index in [-0.39, 0.29) is 5.54 Å². The van der Waals surface area contributed by atoms with Crippen LogP contribution >= 0.6 is 0 Å². The van der Waals surface area contributed by atoms with E-state index >= 15 is 0 Å². The number of hydrogen-bond donors (Lipinski definition) is 1. The molecule has 19 heavy (non-hydrogen) atoms. The van der Waals surface area contributed by atoms with E-state index in [1.807, 2.05) is 0 Å².